The Labute approximate surface area is 101 Å². The third kappa shape index (κ3) is 2.88. The van der Waals surface area contributed by atoms with Crippen molar-refractivity contribution < 1.29 is 18.5 Å². The summed E-state index contributed by atoms with van der Waals surface area (Å²) in [6.45, 7) is 1.69. The predicted molar refractivity (Wildman–Crippen MR) is 59.6 cm³/mol. The van der Waals surface area contributed by atoms with Crippen molar-refractivity contribution in [2.45, 2.75) is 6.92 Å². The van der Waals surface area contributed by atoms with Crippen molar-refractivity contribution in [1.29, 1.82) is 0 Å². The molecule has 0 atom stereocenters. The van der Waals surface area contributed by atoms with Crippen LogP contribution in [0.5, 0.6) is 0 Å². The van der Waals surface area contributed by atoms with Crippen molar-refractivity contribution >= 4 is 17.8 Å². The van der Waals surface area contributed by atoms with Crippen LogP contribution in [-0.2, 0) is 0 Å². The van der Waals surface area contributed by atoms with Crippen LogP contribution in [0.1, 0.15) is 16.3 Å². The third-order valence-electron chi connectivity index (χ3n) is 1.90. The largest absolute Gasteiger partial charge is 0.459 e. The zero-order valence-corrected chi connectivity index (χ0v) is 9.39. The lowest BCUT2D eigenvalue weighted by molar-refractivity contribution is 0.0910. The van der Waals surface area contributed by atoms with Crippen LogP contribution in [0.3, 0.4) is 0 Å². The van der Waals surface area contributed by atoms with E-state index in [1.165, 1.54) is 18.4 Å². The molecular weight excluding hydrogens is 240 g/mol. The smallest absolute Gasteiger partial charge is 0.339 e. The molecule has 18 heavy (non-hydrogen) atoms. The molecule has 8 heteroatoms. The maximum Gasteiger partial charge on any atom is 0.339 e. The van der Waals surface area contributed by atoms with Gasteiger partial charge in [0, 0.05) is 6.07 Å². The lowest BCUT2D eigenvalue weighted by atomic mass is 10.4. The molecule has 0 aromatic carbocycles. The summed E-state index contributed by atoms with van der Waals surface area (Å²) in [4.78, 5) is 22.7. The molecule has 2 rings (SSSR count). The van der Waals surface area contributed by atoms with Crippen molar-refractivity contribution in [3.63, 3.8) is 0 Å². The number of furan rings is 1. The third-order valence-corrected chi connectivity index (χ3v) is 1.90. The first-order valence-electron chi connectivity index (χ1n) is 4.99. The average molecular weight is 250 g/mol. The fourth-order valence-corrected chi connectivity index (χ4v) is 1.16. The van der Waals surface area contributed by atoms with Crippen molar-refractivity contribution in [2.24, 2.45) is 0 Å². The summed E-state index contributed by atoms with van der Waals surface area (Å²) in [5.74, 6) is 0.334. The normalized spacial score (nSPS) is 9.83. The summed E-state index contributed by atoms with van der Waals surface area (Å²) in [6.07, 6.45) is 1.35. The van der Waals surface area contributed by atoms with Crippen LogP contribution in [0.2, 0.25) is 0 Å². The van der Waals surface area contributed by atoms with E-state index in [1.54, 1.807) is 13.0 Å². The number of hydrazine groups is 1. The summed E-state index contributed by atoms with van der Waals surface area (Å²) >= 11 is 0. The molecule has 0 fully saturated rings. The van der Waals surface area contributed by atoms with E-state index in [9.17, 15) is 9.59 Å². The second-order valence-electron chi connectivity index (χ2n) is 3.33. The summed E-state index contributed by atoms with van der Waals surface area (Å²) in [5, 5.41) is 5.92. The molecule has 0 spiro atoms. The lowest BCUT2D eigenvalue weighted by Crippen LogP contribution is -2.43. The first-order valence-corrected chi connectivity index (χ1v) is 4.99. The van der Waals surface area contributed by atoms with Crippen LogP contribution in [0.4, 0.5) is 10.6 Å². The molecule has 94 valence electrons. The number of carbonyl (C=O) groups is 2. The van der Waals surface area contributed by atoms with Gasteiger partial charge in [0.25, 0.3) is 0 Å². The molecule has 0 aliphatic carbocycles. The highest BCUT2D eigenvalue weighted by atomic mass is 16.5. The summed E-state index contributed by atoms with van der Waals surface area (Å²) in [5.41, 5.74) is 4.30. The zero-order valence-electron chi connectivity index (χ0n) is 9.39. The SMILES string of the molecule is Cc1cc(NC(=O)NNC(=O)c2ccco2)no1. The van der Waals surface area contributed by atoms with Gasteiger partial charge in [0.2, 0.25) is 0 Å². The van der Waals surface area contributed by atoms with Gasteiger partial charge >= 0.3 is 11.9 Å². The summed E-state index contributed by atoms with van der Waals surface area (Å²) in [7, 11) is 0. The average Bonchev–Trinajstić information content (AvgIpc) is 2.97. The number of anilines is 1. The van der Waals surface area contributed by atoms with E-state index in [0.29, 0.717) is 5.76 Å². The number of hydrogen-bond acceptors (Lipinski definition) is 5. The number of hydrogen-bond donors (Lipinski definition) is 3. The Kier molecular flexibility index (Phi) is 3.28. The van der Waals surface area contributed by atoms with Gasteiger partial charge in [-0.15, -0.1) is 0 Å². The van der Waals surface area contributed by atoms with Crippen molar-refractivity contribution in [3.05, 3.63) is 36.0 Å². The van der Waals surface area contributed by atoms with Crippen LogP contribution in [-0.4, -0.2) is 17.1 Å². The number of amides is 3. The molecule has 0 bridgehead atoms. The Morgan fingerprint density at radius 3 is 2.78 bits per heavy atom. The molecule has 0 aliphatic rings. The first-order chi connectivity index (χ1) is 8.65. The maximum atomic E-state index is 11.4. The van der Waals surface area contributed by atoms with E-state index in [-0.39, 0.29) is 11.6 Å². The van der Waals surface area contributed by atoms with Gasteiger partial charge in [0.1, 0.15) is 5.76 Å². The van der Waals surface area contributed by atoms with Crippen molar-refractivity contribution in [3.8, 4) is 0 Å². The molecular formula is C10H10N4O4. The highest BCUT2D eigenvalue weighted by molar-refractivity contribution is 5.94. The molecule has 3 N–H and O–H groups in total. The topological polar surface area (TPSA) is 109 Å². The van der Waals surface area contributed by atoms with Gasteiger partial charge in [0.05, 0.1) is 6.26 Å². The Bertz CT molecular complexity index is 546. The molecule has 8 nitrogen and oxygen atoms in total. The number of rotatable bonds is 2. The second-order valence-corrected chi connectivity index (χ2v) is 3.33. The van der Waals surface area contributed by atoms with Crippen molar-refractivity contribution in [2.75, 3.05) is 5.32 Å². The number of carbonyl (C=O) groups excluding carboxylic acids is 2. The molecule has 0 saturated heterocycles. The Balaban J connectivity index is 1.80. The van der Waals surface area contributed by atoms with Crippen LogP contribution < -0.4 is 16.2 Å². The van der Waals surface area contributed by atoms with Crippen LogP contribution in [0.15, 0.2) is 33.4 Å². The minimum Gasteiger partial charge on any atom is -0.459 e. The first kappa shape index (κ1) is 11.7. The van der Waals surface area contributed by atoms with Gasteiger partial charge in [-0.05, 0) is 19.1 Å². The molecule has 0 unspecified atom stereocenters. The van der Waals surface area contributed by atoms with Crippen LogP contribution in [0, 0.1) is 6.92 Å². The van der Waals surface area contributed by atoms with Gasteiger partial charge in [-0.25, -0.2) is 10.2 Å². The zero-order chi connectivity index (χ0) is 13.0. The van der Waals surface area contributed by atoms with Crippen molar-refractivity contribution in [1.82, 2.24) is 16.0 Å². The Morgan fingerprint density at radius 1 is 1.33 bits per heavy atom. The molecule has 0 saturated carbocycles. The van der Waals surface area contributed by atoms with Gasteiger partial charge < -0.3 is 8.94 Å². The molecule has 0 radical (unpaired) electrons. The van der Waals surface area contributed by atoms with E-state index < -0.39 is 11.9 Å². The second kappa shape index (κ2) is 5.04. The van der Waals surface area contributed by atoms with Crippen LogP contribution in [0.25, 0.3) is 0 Å². The molecule has 2 heterocycles. The number of urea groups is 1. The number of nitrogens with one attached hydrogen (secondary N) is 3. The van der Waals surface area contributed by atoms with Gasteiger partial charge in [-0.1, -0.05) is 5.16 Å². The van der Waals surface area contributed by atoms with E-state index >= 15 is 0 Å². The van der Waals surface area contributed by atoms with Gasteiger partial charge in [-0.2, -0.15) is 0 Å². The number of aryl methyl sites for hydroxylation is 1. The minimum absolute atomic E-state index is 0.0904. The fraction of sp³-hybridized carbons (Fsp3) is 0.100. The number of aromatic nitrogens is 1. The maximum absolute atomic E-state index is 11.4. The monoisotopic (exact) mass is 250 g/mol. The van der Waals surface area contributed by atoms with Gasteiger partial charge in [0.15, 0.2) is 11.6 Å². The number of nitrogens with zero attached hydrogens (tertiary/aromatic N) is 1. The summed E-state index contributed by atoms with van der Waals surface area (Å²) in [6, 6.07) is 3.92. The van der Waals surface area contributed by atoms with E-state index in [1.807, 2.05) is 0 Å². The highest BCUT2D eigenvalue weighted by Gasteiger charge is 2.10. The molecule has 2 aromatic heterocycles. The summed E-state index contributed by atoms with van der Waals surface area (Å²) < 4.78 is 9.59. The fourth-order valence-electron chi connectivity index (χ4n) is 1.16. The standard InChI is InChI=1S/C10H10N4O4/c1-6-5-8(14-18-6)11-10(16)13-12-9(15)7-3-2-4-17-7/h2-5H,1H3,(H,12,15)(H2,11,13,14,16). The van der Waals surface area contributed by atoms with E-state index in [2.05, 4.69) is 21.3 Å². The minimum atomic E-state index is -0.650. The Morgan fingerprint density at radius 2 is 2.17 bits per heavy atom. The lowest BCUT2D eigenvalue weighted by Gasteiger charge is -2.05. The predicted octanol–water partition coefficient (Wildman–Crippen LogP) is 1.04. The van der Waals surface area contributed by atoms with E-state index in [0.717, 1.165) is 0 Å². The van der Waals surface area contributed by atoms with Gasteiger partial charge in [-0.3, -0.25) is 15.5 Å². The quantitative estimate of drug-likeness (QED) is 0.690. The Hall–Kier alpha value is -2.77. The van der Waals surface area contributed by atoms with E-state index in [4.69, 9.17) is 8.94 Å². The molecule has 3 amide bonds. The van der Waals surface area contributed by atoms with Crippen LogP contribution >= 0.6 is 0 Å². The molecule has 2 aromatic rings. The molecule has 0 aliphatic heterocycles. The highest BCUT2D eigenvalue weighted by Crippen LogP contribution is 2.06.